The van der Waals surface area contributed by atoms with Gasteiger partial charge in [0.25, 0.3) is 0 Å². The molecular formula is C28H36N2O3S. The number of benzene rings is 2. The van der Waals surface area contributed by atoms with Crippen LogP contribution < -0.4 is 4.74 Å². The Morgan fingerprint density at radius 1 is 0.941 bits per heavy atom. The summed E-state index contributed by atoms with van der Waals surface area (Å²) in [5, 5.41) is 1.22. The molecular weight excluding hydrogens is 444 g/mol. The van der Waals surface area contributed by atoms with Gasteiger partial charge in [-0.25, -0.2) is 8.42 Å². The van der Waals surface area contributed by atoms with Gasteiger partial charge in [-0.05, 0) is 93.6 Å². The van der Waals surface area contributed by atoms with Gasteiger partial charge in [0.2, 0.25) is 9.84 Å². The Hall–Kier alpha value is -2.31. The first kappa shape index (κ1) is 23.4. The van der Waals surface area contributed by atoms with Crippen molar-refractivity contribution >= 4 is 20.7 Å². The van der Waals surface area contributed by atoms with E-state index in [1.54, 1.807) is 24.3 Å². The van der Waals surface area contributed by atoms with Crippen molar-refractivity contribution < 1.29 is 13.2 Å². The highest BCUT2D eigenvalue weighted by Crippen LogP contribution is 2.37. The maximum absolute atomic E-state index is 12.7. The zero-order chi connectivity index (χ0) is 23.5. The molecule has 2 heterocycles. The molecule has 0 spiro atoms. The summed E-state index contributed by atoms with van der Waals surface area (Å²) >= 11 is 0. The third-order valence-corrected chi connectivity index (χ3v) is 9.12. The van der Waals surface area contributed by atoms with Crippen LogP contribution in [0.2, 0.25) is 0 Å². The fourth-order valence-electron chi connectivity index (χ4n) is 5.68. The van der Waals surface area contributed by atoms with E-state index in [0.717, 1.165) is 38.4 Å². The summed E-state index contributed by atoms with van der Waals surface area (Å²) in [7, 11) is -1.30. The smallest absolute Gasteiger partial charge is 0.213 e. The number of ether oxygens (including phenoxy) is 1. The molecule has 0 N–H and O–H groups in total. The number of sulfone groups is 1. The van der Waals surface area contributed by atoms with Gasteiger partial charge < -0.3 is 14.2 Å². The molecule has 1 saturated carbocycles. The average Bonchev–Trinajstić information content (AvgIpc) is 3.22. The fourth-order valence-corrected chi connectivity index (χ4v) is 6.68. The summed E-state index contributed by atoms with van der Waals surface area (Å²) in [5.41, 5.74) is 2.65. The SMILES string of the molecule is CN1CCC(c2cn(CC3CCCCC3)c3ccc(OCS(=O)(=O)c4ccccc4)cc23)CC1. The van der Waals surface area contributed by atoms with E-state index >= 15 is 0 Å². The second-order valence-electron chi connectivity index (χ2n) is 10.2. The summed E-state index contributed by atoms with van der Waals surface area (Å²) in [6.07, 6.45) is 11.4. The summed E-state index contributed by atoms with van der Waals surface area (Å²) in [6, 6.07) is 14.7. The monoisotopic (exact) mass is 480 g/mol. The van der Waals surface area contributed by atoms with Crippen LogP contribution in [0.15, 0.2) is 59.6 Å². The Bertz CT molecular complexity index is 1210. The third-order valence-electron chi connectivity index (χ3n) is 7.70. The molecule has 1 aliphatic carbocycles. The normalized spacial score (nSPS) is 19.0. The van der Waals surface area contributed by atoms with Crippen molar-refractivity contribution in [2.45, 2.75) is 62.3 Å². The van der Waals surface area contributed by atoms with Crippen LogP contribution in [0.4, 0.5) is 0 Å². The highest BCUT2D eigenvalue weighted by atomic mass is 32.2. The van der Waals surface area contributed by atoms with Crippen molar-refractivity contribution in [3.63, 3.8) is 0 Å². The van der Waals surface area contributed by atoms with E-state index in [9.17, 15) is 8.42 Å². The Labute approximate surface area is 203 Å². The van der Waals surface area contributed by atoms with Crippen LogP contribution in [-0.2, 0) is 16.4 Å². The molecule has 6 heteroatoms. The molecule has 0 amide bonds. The van der Waals surface area contributed by atoms with Gasteiger partial charge in [0.15, 0.2) is 5.94 Å². The van der Waals surface area contributed by atoms with Crippen LogP contribution in [0.25, 0.3) is 10.9 Å². The van der Waals surface area contributed by atoms with Gasteiger partial charge in [-0.3, -0.25) is 0 Å². The lowest BCUT2D eigenvalue weighted by atomic mass is 9.89. The van der Waals surface area contributed by atoms with Gasteiger partial charge in [-0.2, -0.15) is 0 Å². The molecule has 0 radical (unpaired) electrons. The summed E-state index contributed by atoms with van der Waals surface area (Å²) in [6.45, 7) is 3.31. The third kappa shape index (κ3) is 5.18. The number of nitrogens with zero attached hydrogens (tertiary/aromatic N) is 2. The van der Waals surface area contributed by atoms with Crippen molar-refractivity contribution in [2.75, 3.05) is 26.1 Å². The molecule has 1 aliphatic heterocycles. The number of hydrogen-bond acceptors (Lipinski definition) is 4. The molecule has 3 aromatic rings. The van der Waals surface area contributed by atoms with Crippen LogP contribution in [0, 0.1) is 5.92 Å². The standard InChI is InChI=1S/C28H36N2O3S/c1-29-16-14-23(15-17-29)27-20-30(19-22-8-4-2-5-9-22)28-13-12-24(18-26(27)28)33-21-34(31,32)25-10-6-3-7-11-25/h3,6-7,10-13,18,20,22-23H,2,4-5,8-9,14-17,19,21H2,1H3. The van der Waals surface area contributed by atoms with E-state index in [4.69, 9.17) is 4.74 Å². The molecule has 1 saturated heterocycles. The molecule has 1 aromatic heterocycles. The van der Waals surface area contributed by atoms with E-state index in [1.165, 1.54) is 48.6 Å². The van der Waals surface area contributed by atoms with E-state index in [2.05, 4.69) is 34.8 Å². The molecule has 2 aliphatic rings. The number of aromatic nitrogens is 1. The van der Waals surface area contributed by atoms with Gasteiger partial charge in [0.1, 0.15) is 5.75 Å². The summed E-state index contributed by atoms with van der Waals surface area (Å²) in [4.78, 5) is 2.70. The van der Waals surface area contributed by atoms with Crippen molar-refractivity contribution in [2.24, 2.45) is 5.92 Å². The van der Waals surface area contributed by atoms with Crippen molar-refractivity contribution in [1.82, 2.24) is 9.47 Å². The second kappa shape index (κ2) is 10.1. The van der Waals surface area contributed by atoms with Crippen molar-refractivity contribution in [1.29, 1.82) is 0 Å². The van der Waals surface area contributed by atoms with E-state index < -0.39 is 9.84 Å². The molecule has 182 valence electrons. The highest BCUT2D eigenvalue weighted by molar-refractivity contribution is 7.91. The number of piperidine rings is 1. The first-order valence-electron chi connectivity index (χ1n) is 12.7. The Kier molecular flexibility index (Phi) is 6.98. The Balaban J connectivity index is 1.42. The van der Waals surface area contributed by atoms with Gasteiger partial charge in [-0.15, -0.1) is 0 Å². The zero-order valence-corrected chi connectivity index (χ0v) is 21.0. The molecule has 2 aromatic carbocycles. The van der Waals surface area contributed by atoms with Crippen molar-refractivity contribution in [3.05, 3.63) is 60.3 Å². The second-order valence-corrected chi connectivity index (χ2v) is 12.1. The maximum Gasteiger partial charge on any atom is 0.213 e. The summed E-state index contributed by atoms with van der Waals surface area (Å²) < 4.78 is 33.7. The van der Waals surface area contributed by atoms with Gasteiger partial charge in [0, 0.05) is 23.6 Å². The van der Waals surface area contributed by atoms with Gasteiger partial charge in [-0.1, -0.05) is 37.5 Å². The highest BCUT2D eigenvalue weighted by Gasteiger charge is 2.24. The number of fused-ring (bicyclic) bond motifs is 1. The Morgan fingerprint density at radius 3 is 2.41 bits per heavy atom. The first-order valence-corrected chi connectivity index (χ1v) is 14.4. The van der Waals surface area contributed by atoms with E-state index in [0.29, 0.717) is 16.6 Å². The lowest BCUT2D eigenvalue weighted by Crippen LogP contribution is -2.29. The van der Waals surface area contributed by atoms with Crippen LogP contribution >= 0.6 is 0 Å². The fraction of sp³-hybridized carbons (Fsp3) is 0.500. The van der Waals surface area contributed by atoms with Gasteiger partial charge in [0.05, 0.1) is 4.90 Å². The average molecular weight is 481 g/mol. The molecule has 5 rings (SSSR count). The number of rotatable bonds is 7. The minimum atomic E-state index is -3.50. The lowest BCUT2D eigenvalue weighted by Gasteiger charge is -2.28. The number of likely N-dealkylation sites (tertiary alicyclic amines) is 1. The van der Waals surface area contributed by atoms with Crippen LogP contribution in [0.5, 0.6) is 5.75 Å². The molecule has 0 atom stereocenters. The van der Waals surface area contributed by atoms with E-state index in [1.807, 2.05) is 12.1 Å². The maximum atomic E-state index is 12.7. The Morgan fingerprint density at radius 2 is 1.68 bits per heavy atom. The molecule has 0 unspecified atom stereocenters. The van der Waals surface area contributed by atoms with Crippen LogP contribution in [-0.4, -0.2) is 44.0 Å². The lowest BCUT2D eigenvalue weighted by molar-refractivity contribution is 0.255. The predicted octanol–water partition coefficient (Wildman–Crippen LogP) is 5.84. The predicted molar refractivity (Wildman–Crippen MR) is 137 cm³/mol. The first-order chi connectivity index (χ1) is 16.5. The quantitative estimate of drug-likeness (QED) is 0.426. The molecule has 0 bridgehead atoms. The summed E-state index contributed by atoms with van der Waals surface area (Å²) in [5.74, 6) is 1.56. The molecule has 34 heavy (non-hydrogen) atoms. The van der Waals surface area contributed by atoms with Crippen molar-refractivity contribution in [3.8, 4) is 5.75 Å². The molecule has 2 fully saturated rings. The minimum Gasteiger partial charge on any atom is -0.477 e. The van der Waals surface area contributed by atoms with Gasteiger partial charge >= 0.3 is 0 Å². The molecule has 5 nitrogen and oxygen atoms in total. The topological polar surface area (TPSA) is 51.5 Å². The zero-order valence-electron chi connectivity index (χ0n) is 20.2. The number of hydrogen-bond donors (Lipinski definition) is 0. The largest absolute Gasteiger partial charge is 0.477 e. The van der Waals surface area contributed by atoms with Crippen LogP contribution in [0.3, 0.4) is 0 Å². The van der Waals surface area contributed by atoms with Crippen LogP contribution in [0.1, 0.15) is 56.4 Å². The minimum absolute atomic E-state index is 0.293. The van der Waals surface area contributed by atoms with E-state index in [-0.39, 0.29) is 5.94 Å².